The zero-order valence-corrected chi connectivity index (χ0v) is 16.0. The molecule has 0 aromatic heterocycles. The van der Waals surface area contributed by atoms with E-state index in [1.165, 1.54) is 36.8 Å². The highest BCUT2D eigenvalue weighted by Gasteiger charge is 2.26. The molecule has 1 fully saturated rings. The highest BCUT2D eigenvalue weighted by Crippen LogP contribution is 2.29. The number of hydrogen-bond donors (Lipinski definition) is 1. The van der Waals surface area contributed by atoms with Gasteiger partial charge in [-0.25, -0.2) is 0 Å². The van der Waals surface area contributed by atoms with Crippen molar-refractivity contribution in [2.75, 3.05) is 7.05 Å². The third kappa shape index (κ3) is 4.40. The largest absolute Gasteiger partial charge is 0.360 e. The van der Waals surface area contributed by atoms with E-state index in [0.29, 0.717) is 12.0 Å². The normalized spacial score (nSPS) is 20.3. The van der Waals surface area contributed by atoms with Crippen LogP contribution in [0.5, 0.6) is 0 Å². The molecule has 1 N–H and O–H groups in total. The Bertz CT molecular complexity index is 631. The summed E-state index contributed by atoms with van der Waals surface area (Å²) in [5.41, 5.74) is 2.52. The van der Waals surface area contributed by atoms with Crippen LogP contribution in [0.25, 0.3) is 0 Å². The maximum Gasteiger partial charge on any atom is 0.169 e. The van der Waals surface area contributed by atoms with Gasteiger partial charge in [0, 0.05) is 13.1 Å². The molecule has 1 aliphatic carbocycles. The van der Waals surface area contributed by atoms with E-state index in [9.17, 15) is 0 Å². The van der Waals surface area contributed by atoms with Crippen LogP contribution in [-0.4, -0.2) is 23.1 Å². The molecule has 0 radical (unpaired) electrons. The summed E-state index contributed by atoms with van der Waals surface area (Å²) in [6.45, 7) is 2.34. The zero-order chi connectivity index (χ0) is 17.6. The molecule has 2 aromatic rings. The summed E-state index contributed by atoms with van der Waals surface area (Å²) in [5, 5.41) is 4.49. The predicted octanol–water partition coefficient (Wildman–Crippen LogP) is 5.16. The maximum absolute atomic E-state index is 5.80. The van der Waals surface area contributed by atoms with Crippen molar-refractivity contribution in [3.8, 4) is 0 Å². The van der Waals surface area contributed by atoms with Gasteiger partial charge in [0.25, 0.3) is 0 Å². The molecule has 2 atom stereocenters. The van der Waals surface area contributed by atoms with Crippen molar-refractivity contribution >= 4 is 17.3 Å². The van der Waals surface area contributed by atoms with Gasteiger partial charge >= 0.3 is 0 Å². The molecule has 0 unspecified atom stereocenters. The smallest absolute Gasteiger partial charge is 0.169 e. The van der Waals surface area contributed by atoms with Gasteiger partial charge in [-0.1, -0.05) is 80.4 Å². The molecular formula is C22H28N2S. The summed E-state index contributed by atoms with van der Waals surface area (Å²) in [6.07, 6.45) is 5.16. The fourth-order valence-corrected chi connectivity index (χ4v) is 4.08. The van der Waals surface area contributed by atoms with E-state index in [-0.39, 0.29) is 6.04 Å². The predicted molar refractivity (Wildman–Crippen MR) is 110 cm³/mol. The van der Waals surface area contributed by atoms with E-state index < -0.39 is 0 Å². The molecule has 3 heteroatoms. The molecule has 132 valence electrons. The monoisotopic (exact) mass is 352 g/mol. The van der Waals surface area contributed by atoms with Crippen molar-refractivity contribution in [3.63, 3.8) is 0 Å². The molecule has 1 aliphatic rings. The van der Waals surface area contributed by atoms with E-state index in [1.807, 2.05) is 0 Å². The number of hydrogen-bond acceptors (Lipinski definition) is 1. The minimum Gasteiger partial charge on any atom is -0.360 e. The minimum absolute atomic E-state index is 0.126. The van der Waals surface area contributed by atoms with E-state index in [2.05, 4.69) is 84.9 Å². The van der Waals surface area contributed by atoms with Gasteiger partial charge in [-0.3, -0.25) is 0 Å². The third-order valence-corrected chi connectivity index (χ3v) is 5.76. The lowest BCUT2D eigenvalue weighted by molar-refractivity contribution is 0.297. The molecule has 3 rings (SSSR count). The summed E-state index contributed by atoms with van der Waals surface area (Å²) in [5.74, 6) is 0.687. The van der Waals surface area contributed by atoms with Crippen molar-refractivity contribution in [2.45, 2.75) is 44.7 Å². The Morgan fingerprint density at radius 1 is 0.960 bits per heavy atom. The molecule has 0 bridgehead atoms. The highest BCUT2D eigenvalue weighted by atomic mass is 32.1. The summed E-state index contributed by atoms with van der Waals surface area (Å²) < 4.78 is 0. The summed E-state index contributed by atoms with van der Waals surface area (Å²) in [4.78, 5) is 2.21. The number of nitrogens with one attached hydrogen (secondary N) is 1. The zero-order valence-electron chi connectivity index (χ0n) is 15.2. The number of nitrogens with zero attached hydrogens (tertiary/aromatic N) is 1. The Morgan fingerprint density at radius 3 is 2.00 bits per heavy atom. The van der Waals surface area contributed by atoms with Gasteiger partial charge in [-0.15, -0.1) is 0 Å². The fourth-order valence-electron chi connectivity index (χ4n) is 3.82. The molecule has 0 heterocycles. The second-order valence-electron chi connectivity index (χ2n) is 7.15. The summed E-state index contributed by atoms with van der Waals surface area (Å²) >= 11 is 5.80. The van der Waals surface area contributed by atoms with Gasteiger partial charge in [-0.05, 0) is 42.1 Å². The first-order chi connectivity index (χ1) is 12.2. The first-order valence-electron chi connectivity index (χ1n) is 9.30. The summed E-state index contributed by atoms with van der Waals surface area (Å²) in [6, 6.07) is 21.9. The van der Waals surface area contributed by atoms with Crippen LogP contribution in [0.1, 0.15) is 49.8 Å². The quantitative estimate of drug-likeness (QED) is 0.765. The lowest BCUT2D eigenvalue weighted by atomic mass is 9.86. The van der Waals surface area contributed by atoms with Crippen LogP contribution < -0.4 is 5.32 Å². The molecular weight excluding hydrogens is 324 g/mol. The van der Waals surface area contributed by atoms with Crippen LogP contribution in [0.4, 0.5) is 0 Å². The Balaban J connectivity index is 1.81. The lowest BCUT2D eigenvalue weighted by Crippen LogP contribution is -2.47. The van der Waals surface area contributed by atoms with Crippen molar-refractivity contribution in [1.29, 1.82) is 0 Å². The average Bonchev–Trinajstić information content (AvgIpc) is 2.65. The lowest BCUT2D eigenvalue weighted by Gasteiger charge is -2.36. The van der Waals surface area contributed by atoms with Crippen LogP contribution in [0, 0.1) is 5.92 Å². The van der Waals surface area contributed by atoms with Crippen LogP contribution in [0.15, 0.2) is 60.7 Å². The topological polar surface area (TPSA) is 15.3 Å². The Hall–Kier alpha value is -1.87. The van der Waals surface area contributed by atoms with Gasteiger partial charge in [0.2, 0.25) is 0 Å². The molecule has 0 saturated heterocycles. The second-order valence-corrected chi connectivity index (χ2v) is 7.54. The maximum atomic E-state index is 5.80. The molecule has 1 saturated carbocycles. The number of benzene rings is 2. The van der Waals surface area contributed by atoms with E-state index >= 15 is 0 Å². The molecule has 25 heavy (non-hydrogen) atoms. The first kappa shape index (κ1) is 17.9. The van der Waals surface area contributed by atoms with Crippen molar-refractivity contribution in [3.05, 3.63) is 71.8 Å². The van der Waals surface area contributed by atoms with Gasteiger partial charge < -0.3 is 10.2 Å². The van der Waals surface area contributed by atoms with Crippen molar-refractivity contribution in [2.24, 2.45) is 5.92 Å². The van der Waals surface area contributed by atoms with Gasteiger partial charge in [0.1, 0.15) is 0 Å². The Labute approximate surface area is 157 Å². The molecule has 2 nitrogen and oxygen atoms in total. The molecule has 0 aliphatic heterocycles. The average molecular weight is 353 g/mol. The highest BCUT2D eigenvalue weighted by molar-refractivity contribution is 7.80. The Kier molecular flexibility index (Phi) is 6.09. The summed E-state index contributed by atoms with van der Waals surface area (Å²) in [7, 11) is 2.10. The van der Waals surface area contributed by atoms with Crippen LogP contribution >= 0.6 is 12.2 Å². The van der Waals surface area contributed by atoms with Gasteiger partial charge in [0.15, 0.2) is 5.11 Å². The molecule has 2 aromatic carbocycles. The van der Waals surface area contributed by atoms with Crippen LogP contribution in [-0.2, 0) is 0 Å². The number of rotatable bonds is 4. The van der Waals surface area contributed by atoms with Crippen LogP contribution in [0.3, 0.4) is 0 Å². The first-order valence-corrected chi connectivity index (χ1v) is 9.71. The van der Waals surface area contributed by atoms with E-state index in [1.54, 1.807) is 0 Å². The fraction of sp³-hybridized carbons (Fsp3) is 0.409. The van der Waals surface area contributed by atoms with Gasteiger partial charge in [-0.2, -0.15) is 0 Å². The van der Waals surface area contributed by atoms with Gasteiger partial charge in [0.05, 0.1) is 6.04 Å². The van der Waals surface area contributed by atoms with Crippen LogP contribution in [0.2, 0.25) is 0 Å². The Morgan fingerprint density at radius 2 is 1.48 bits per heavy atom. The minimum atomic E-state index is 0.126. The second kappa shape index (κ2) is 8.48. The standard InChI is InChI=1S/C22H28N2S/c1-17-11-9-10-16-20(17)23-22(25)24(2)21(18-12-5-3-6-13-18)19-14-7-4-8-15-19/h3-8,12-15,17,20-21H,9-11,16H2,1-2H3,(H,23,25)/t17-,20-/m1/s1. The SMILES string of the molecule is C[C@@H]1CCCC[C@H]1NC(=S)N(C)C(c1ccccc1)c1ccccc1. The van der Waals surface area contributed by atoms with E-state index in [4.69, 9.17) is 12.2 Å². The van der Waals surface area contributed by atoms with E-state index in [0.717, 1.165) is 5.11 Å². The van der Waals surface area contributed by atoms with Crippen molar-refractivity contribution in [1.82, 2.24) is 10.2 Å². The van der Waals surface area contributed by atoms with Crippen molar-refractivity contribution < 1.29 is 0 Å². The molecule has 0 spiro atoms. The molecule has 0 amide bonds. The third-order valence-electron chi connectivity index (χ3n) is 5.36. The number of thiocarbonyl (C=S) groups is 1.